The Labute approximate surface area is 208 Å². The van der Waals surface area contributed by atoms with Crippen molar-refractivity contribution in [1.82, 2.24) is 5.32 Å². The summed E-state index contributed by atoms with van der Waals surface area (Å²) in [4.78, 5) is 12.9. The van der Waals surface area contributed by atoms with E-state index in [0.717, 1.165) is 37.0 Å². The zero-order valence-electron chi connectivity index (χ0n) is 21.1. The lowest BCUT2D eigenvalue weighted by atomic mass is 9.82. The van der Waals surface area contributed by atoms with Crippen molar-refractivity contribution in [3.8, 4) is 5.75 Å². The minimum atomic E-state index is -2.99. The van der Waals surface area contributed by atoms with Gasteiger partial charge < -0.3 is 14.8 Å². The van der Waals surface area contributed by atoms with E-state index in [1.165, 1.54) is 51.4 Å². The van der Waals surface area contributed by atoms with Crippen molar-refractivity contribution in [2.45, 2.75) is 84.2 Å². The highest BCUT2D eigenvalue weighted by atomic mass is 19.3. The predicted octanol–water partition coefficient (Wildman–Crippen LogP) is 5.41. The van der Waals surface area contributed by atoms with Crippen LogP contribution in [-0.2, 0) is 4.74 Å². The topological polar surface area (TPSA) is 47.6 Å². The van der Waals surface area contributed by atoms with Crippen LogP contribution >= 0.6 is 0 Å². The molecular formula is C29H41F2NO3. The molecule has 0 aromatic heterocycles. The number of hydrogen-bond donors (Lipinski definition) is 1. The molecule has 4 rings (SSSR count). The number of amides is 1. The van der Waals surface area contributed by atoms with Gasteiger partial charge in [0.15, 0.2) is 0 Å². The fourth-order valence-electron chi connectivity index (χ4n) is 5.58. The molecule has 6 heteroatoms. The van der Waals surface area contributed by atoms with E-state index in [4.69, 9.17) is 9.47 Å². The number of ether oxygens (including phenoxy) is 2. The summed E-state index contributed by atoms with van der Waals surface area (Å²) >= 11 is 0. The Bertz CT molecular complexity index is 953. The van der Waals surface area contributed by atoms with Gasteiger partial charge in [0.25, 0.3) is 5.91 Å². The fraction of sp³-hybridized carbons (Fsp3) is 0.690. The van der Waals surface area contributed by atoms with Gasteiger partial charge in [-0.1, -0.05) is 70.1 Å². The number of rotatable bonds is 12. The minimum Gasteiger partial charge on any atom is -0.433 e. The largest absolute Gasteiger partial charge is 0.433 e. The van der Waals surface area contributed by atoms with Crippen LogP contribution in [0.5, 0.6) is 5.75 Å². The highest BCUT2D eigenvalue weighted by Gasteiger charge is 2.23. The maximum atomic E-state index is 13.5. The van der Waals surface area contributed by atoms with Gasteiger partial charge in [0.05, 0.1) is 12.2 Å². The third-order valence-electron chi connectivity index (χ3n) is 7.96. The van der Waals surface area contributed by atoms with Crippen molar-refractivity contribution in [3.63, 3.8) is 0 Å². The molecule has 194 valence electrons. The molecule has 4 nitrogen and oxygen atoms in total. The van der Waals surface area contributed by atoms with Crippen LogP contribution in [0.3, 0.4) is 0 Å². The van der Waals surface area contributed by atoms with Crippen LogP contribution in [0, 0.1) is 23.7 Å². The molecule has 2 fully saturated rings. The molecule has 35 heavy (non-hydrogen) atoms. The Kier molecular flexibility index (Phi) is 9.59. The highest BCUT2D eigenvalue weighted by molar-refractivity contribution is 5.97. The summed E-state index contributed by atoms with van der Waals surface area (Å²) in [6.07, 6.45) is 17.7. The van der Waals surface area contributed by atoms with E-state index < -0.39 is 12.5 Å². The first-order valence-electron chi connectivity index (χ1n) is 13.7. The van der Waals surface area contributed by atoms with E-state index in [9.17, 15) is 13.6 Å². The predicted molar refractivity (Wildman–Crippen MR) is 135 cm³/mol. The van der Waals surface area contributed by atoms with Crippen molar-refractivity contribution < 1.29 is 23.0 Å². The van der Waals surface area contributed by atoms with Crippen LogP contribution in [-0.4, -0.2) is 32.3 Å². The SMILES string of the molecule is CC1CC=c2ccc(C(=O)NCCOCC3CC3)c(OC(F)F)c2=CC1CCCC1CCCCC1. The first-order valence-corrected chi connectivity index (χ1v) is 13.7. The van der Waals surface area contributed by atoms with Gasteiger partial charge in [-0.2, -0.15) is 8.78 Å². The maximum absolute atomic E-state index is 13.5. The number of alkyl halides is 2. The van der Waals surface area contributed by atoms with E-state index in [1.54, 1.807) is 6.07 Å². The molecule has 1 aromatic rings. The molecule has 1 N–H and O–H groups in total. The molecule has 1 amide bonds. The zero-order valence-corrected chi connectivity index (χ0v) is 21.1. The van der Waals surface area contributed by atoms with Crippen molar-refractivity contribution in [2.75, 3.05) is 19.8 Å². The summed E-state index contributed by atoms with van der Waals surface area (Å²) < 4.78 is 37.5. The van der Waals surface area contributed by atoms with Gasteiger partial charge in [-0.3, -0.25) is 4.79 Å². The van der Waals surface area contributed by atoms with Gasteiger partial charge in [-0.25, -0.2) is 0 Å². The van der Waals surface area contributed by atoms with Gasteiger partial charge in [0.1, 0.15) is 5.75 Å². The second-order valence-corrected chi connectivity index (χ2v) is 10.8. The van der Waals surface area contributed by atoms with Gasteiger partial charge in [-0.05, 0) is 60.6 Å². The van der Waals surface area contributed by atoms with Crippen molar-refractivity contribution >= 4 is 18.1 Å². The Hall–Kier alpha value is -1.95. The molecule has 0 bridgehead atoms. The van der Waals surface area contributed by atoms with Gasteiger partial charge in [0.2, 0.25) is 0 Å². The zero-order chi connectivity index (χ0) is 24.6. The molecular weight excluding hydrogens is 448 g/mol. The third-order valence-corrected chi connectivity index (χ3v) is 7.96. The molecule has 3 aliphatic carbocycles. The summed E-state index contributed by atoms with van der Waals surface area (Å²) in [5, 5.41) is 4.31. The maximum Gasteiger partial charge on any atom is 0.387 e. The van der Waals surface area contributed by atoms with Gasteiger partial charge >= 0.3 is 6.61 Å². The Balaban J connectivity index is 1.48. The molecule has 0 radical (unpaired) electrons. The normalized spacial score (nSPS) is 22.6. The van der Waals surface area contributed by atoms with Crippen LogP contribution < -0.4 is 20.5 Å². The molecule has 0 spiro atoms. The van der Waals surface area contributed by atoms with Crippen molar-refractivity contribution in [1.29, 1.82) is 0 Å². The van der Waals surface area contributed by atoms with E-state index in [-0.39, 0.29) is 17.2 Å². The number of nitrogens with one attached hydrogen (secondary N) is 1. The van der Waals surface area contributed by atoms with Crippen molar-refractivity contribution in [2.24, 2.45) is 23.7 Å². The molecule has 2 saturated carbocycles. The number of fused-ring (bicyclic) bond motifs is 1. The number of hydrogen-bond acceptors (Lipinski definition) is 3. The van der Waals surface area contributed by atoms with Crippen LogP contribution in [0.1, 0.15) is 87.9 Å². The van der Waals surface area contributed by atoms with E-state index in [1.807, 2.05) is 6.07 Å². The lowest BCUT2D eigenvalue weighted by Gasteiger charge is -2.23. The average molecular weight is 490 g/mol. The van der Waals surface area contributed by atoms with Crippen LogP contribution in [0.25, 0.3) is 12.2 Å². The van der Waals surface area contributed by atoms with E-state index in [2.05, 4.69) is 24.4 Å². The average Bonchev–Trinajstić information content (AvgIpc) is 3.68. The summed E-state index contributed by atoms with van der Waals surface area (Å²) in [7, 11) is 0. The lowest BCUT2D eigenvalue weighted by Crippen LogP contribution is -2.34. The Morgan fingerprint density at radius 3 is 2.63 bits per heavy atom. The number of halogens is 2. The second-order valence-electron chi connectivity index (χ2n) is 10.8. The quantitative estimate of drug-likeness (QED) is 0.399. The molecule has 0 heterocycles. The lowest BCUT2D eigenvalue weighted by molar-refractivity contribution is -0.0508. The van der Waals surface area contributed by atoms with Crippen LogP contribution in [0.4, 0.5) is 8.78 Å². The Morgan fingerprint density at radius 1 is 1.09 bits per heavy atom. The summed E-state index contributed by atoms with van der Waals surface area (Å²) in [6, 6.07) is 3.47. The monoisotopic (exact) mass is 489 g/mol. The second kappa shape index (κ2) is 12.8. The number of carbonyl (C=O) groups excluding carboxylic acids is 1. The minimum absolute atomic E-state index is 0.00321. The molecule has 1 aromatic carbocycles. The van der Waals surface area contributed by atoms with Crippen molar-refractivity contribution in [3.05, 3.63) is 28.1 Å². The Morgan fingerprint density at radius 2 is 1.89 bits per heavy atom. The van der Waals surface area contributed by atoms with E-state index >= 15 is 0 Å². The first kappa shape index (κ1) is 26.1. The summed E-state index contributed by atoms with van der Waals surface area (Å²) in [5.74, 6) is 1.77. The third kappa shape index (κ3) is 7.77. The number of benzene rings is 1. The standard InChI is InChI=1S/C29H41F2NO3/c1-20-10-13-23-14-15-25(28(33)32-16-17-34-19-22-11-12-22)27(35-29(30)31)26(23)18-24(20)9-5-8-21-6-3-2-4-7-21/h13-15,18,20-22,24,29H,2-12,16-17,19H2,1H3,(H,32,33). The smallest absolute Gasteiger partial charge is 0.387 e. The van der Waals surface area contributed by atoms with Crippen LogP contribution in [0.2, 0.25) is 0 Å². The fourth-order valence-corrected chi connectivity index (χ4v) is 5.58. The highest BCUT2D eigenvalue weighted by Crippen LogP contribution is 2.31. The molecule has 2 atom stereocenters. The first-order chi connectivity index (χ1) is 17.0. The van der Waals surface area contributed by atoms with Gasteiger partial charge in [-0.15, -0.1) is 0 Å². The molecule has 0 aliphatic heterocycles. The summed E-state index contributed by atoms with van der Waals surface area (Å²) in [6.45, 7) is 0.715. The molecule has 3 aliphatic rings. The summed E-state index contributed by atoms with van der Waals surface area (Å²) in [5.41, 5.74) is 0.159. The van der Waals surface area contributed by atoms with Gasteiger partial charge in [0, 0.05) is 18.4 Å². The molecule has 2 unspecified atom stereocenters. The molecule has 0 saturated heterocycles. The van der Waals surface area contributed by atoms with Crippen LogP contribution in [0.15, 0.2) is 12.1 Å². The number of carbonyl (C=O) groups is 1. The van der Waals surface area contributed by atoms with E-state index in [0.29, 0.717) is 30.2 Å².